The Kier molecular flexibility index (Phi) is 4.15. The van der Waals surface area contributed by atoms with Gasteiger partial charge in [-0.3, -0.25) is 15.0 Å². The maximum atomic E-state index is 12.7. The Labute approximate surface area is 161 Å². The van der Waals surface area contributed by atoms with Gasteiger partial charge in [0.2, 0.25) is 0 Å². The van der Waals surface area contributed by atoms with Crippen LogP contribution in [0.5, 0.6) is 0 Å². The van der Waals surface area contributed by atoms with Crippen LogP contribution in [0.25, 0.3) is 16.7 Å². The van der Waals surface area contributed by atoms with Crippen LogP contribution >= 0.6 is 15.9 Å². The predicted molar refractivity (Wildman–Crippen MR) is 103 cm³/mol. The molecule has 0 aliphatic rings. The van der Waals surface area contributed by atoms with E-state index in [2.05, 4.69) is 31.4 Å². The molecule has 0 aliphatic heterocycles. The molecule has 1 amide bonds. The Morgan fingerprint density at radius 3 is 2.70 bits per heavy atom. The predicted octanol–water partition coefficient (Wildman–Crippen LogP) is 2.94. The maximum absolute atomic E-state index is 12.7. The lowest BCUT2D eigenvalue weighted by Crippen LogP contribution is -2.33. The number of fused-ring (bicyclic) bond motifs is 1. The van der Waals surface area contributed by atoms with Crippen molar-refractivity contribution in [2.75, 3.05) is 5.43 Å². The van der Waals surface area contributed by atoms with Gasteiger partial charge in [-0.25, -0.2) is 14.3 Å². The van der Waals surface area contributed by atoms with Gasteiger partial charge in [-0.1, -0.05) is 6.07 Å². The zero-order valence-corrected chi connectivity index (χ0v) is 16.0. The summed E-state index contributed by atoms with van der Waals surface area (Å²) < 4.78 is 8.20. The van der Waals surface area contributed by atoms with Crippen molar-refractivity contribution >= 4 is 32.9 Å². The fourth-order valence-corrected chi connectivity index (χ4v) is 2.95. The number of benzene rings is 1. The highest BCUT2D eigenvalue weighted by Gasteiger charge is 2.15. The number of nitrogens with one attached hydrogen (secondary N) is 1. The van der Waals surface area contributed by atoms with E-state index in [1.807, 2.05) is 32.0 Å². The minimum Gasteiger partial charge on any atom is -0.444 e. The Hall–Kier alpha value is -3.20. The second-order valence-electron chi connectivity index (χ2n) is 6.03. The van der Waals surface area contributed by atoms with Gasteiger partial charge in [-0.2, -0.15) is 5.10 Å². The summed E-state index contributed by atoms with van der Waals surface area (Å²) in [6.07, 6.45) is 2.69. The molecule has 1 aromatic carbocycles. The molecule has 0 fully saturated rings. The summed E-state index contributed by atoms with van der Waals surface area (Å²) in [6, 6.07) is 8.96. The second-order valence-corrected chi connectivity index (χ2v) is 6.81. The number of nitrogens with zero attached hydrogens (tertiary/aromatic N) is 4. The molecule has 0 atom stereocenters. The van der Waals surface area contributed by atoms with Crippen LogP contribution in [0, 0.1) is 13.8 Å². The lowest BCUT2D eigenvalue weighted by atomic mass is 10.1. The van der Waals surface area contributed by atoms with Gasteiger partial charge in [0.15, 0.2) is 16.1 Å². The highest BCUT2D eigenvalue weighted by Crippen LogP contribution is 2.17. The first kappa shape index (κ1) is 17.2. The minimum absolute atomic E-state index is 0.0692. The molecular formula is C18H14BrN5O3. The molecule has 27 heavy (non-hydrogen) atoms. The van der Waals surface area contributed by atoms with Crippen molar-refractivity contribution in [2.45, 2.75) is 13.8 Å². The van der Waals surface area contributed by atoms with Crippen LogP contribution in [-0.2, 0) is 0 Å². The van der Waals surface area contributed by atoms with E-state index in [9.17, 15) is 9.59 Å². The van der Waals surface area contributed by atoms with E-state index in [1.165, 1.54) is 18.6 Å². The van der Waals surface area contributed by atoms with Gasteiger partial charge in [-0.15, -0.1) is 0 Å². The second kappa shape index (κ2) is 6.51. The monoisotopic (exact) mass is 427 g/mol. The van der Waals surface area contributed by atoms with E-state index in [4.69, 9.17) is 4.42 Å². The van der Waals surface area contributed by atoms with Crippen LogP contribution in [-0.4, -0.2) is 25.3 Å². The molecule has 0 radical (unpaired) electrons. The number of hydrogen-bond acceptors (Lipinski definition) is 5. The smallest absolute Gasteiger partial charge is 0.305 e. The first-order valence-corrected chi connectivity index (χ1v) is 8.83. The van der Waals surface area contributed by atoms with E-state index < -0.39 is 11.5 Å². The molecule has 0 saturated carbocycles. The number of carbonyl (C=O) groups excluding carboxylic acids is 1. The van der Waals surface area contributed by atoms with E-state index >= 15 is 0 Å². The van der Waals surface area contributed by atoms with Crippen molar-refractivity contribution in [1.29, 1.82) is 0 Å². The average Bonchev–Trinajstić information content (AvgIpc) is 3.26. The van der Waals surface area contributed by atoms with Crippen molar-refractivity contribution in [3.05, 3.63) is 74.8 Å². The SMILES string of the molecule is Cc1ccc(-n2ncc3c(=O)n(NC(=O)c4ccc(Br)o4)cnc32)cc1C. The third-order valence-electron chi connectivity index (χ3n) is 4.24. The fourth-order valence-electron chi connectivity index (χ4n) is 2.64. The Morgan fingerprint density at radius 1 is 1.19 bits per heavy atom. The molecule has 0 saturated heterocycles. The average molecular weight is 428 g/mol. The first-order valence-electron chi connectivity index (χ1n) is 8.04. The van der Waals surface area contributed by atoms with Gasteiger partial charge in [0.25, 0.3) is 5.56 Å². The van der Waals surface area contributed by atoms with Gasteiger partial charge in [-0.05, 0) is 65.2 Å². The summed E-state index contributed by atoms with van der Waals surface area (Å²) in [4.78, 5) is 29.2. The fraction of sp³-hybridized carbons (Fsp3) is 0.111. The van der Waals surface area contributed by atoms with Gasteiger partial charge in [0.1, 0.15) is 11.7 Å². The zero-order chi connectivity index (χ0) is 19.1. The first-order chi connectivity index (χ1) is 12.9. The van der Waals surface area contributed by atoms with E-state index in [0.29, 0.717) is 10.3 Å². The molecule has 4 aromatic rings. The van der Waals surface area contributed by atoms with Crippen molar-refractivity contribution in [3.63, 3.8) is 0 Å². The third-order valence-corrected chi connectivity index (χ3v) is 4.67. The van der Waals surface area contributed by atoms with Crippen LogP contribution in [0.1, 0.15) is 21.7 Å². The molecule has 3 aromatic heterocycles. The highest BCUT2D eigenvalue weighted by atomic mass is 79.9. The van der Waals surface area contributed by atoms with Crippen LogP contribution in [0.3, 0.4) is 0 Å². The molecule has 8 nitrogen and oxygen atoms in total. The van der Waals surface area contributed by atoms with Crippen LogP contribution in [0.2, 0.25) is 0 Å². The van der Waals surface area contributed by atoms with Crippen molar-refractivity contribution in [1.82, 2.24) is 19.4 Å². The molecule has 0 spiro atoms. The number of hydrogen-bond donors (Lipinski definition) is 1. The number of furan rings is 1. The quantitative estimate of drug-likeness (QED) is 0.542. The van der Waals surface area contributed by atoms with E-state index in [1.54, 1.807) is 10.7 Å². The molecule has 0 unspecified atom stereocenters. The molecule has 4 rings (SSSR count). The summed E-state index contributed by atoms with van der Waals surface area (Å²) >= 11 is 3.13. The summed E-state index contributed by atoms with van der Waals surface area (Å²) in [5.41, 5.74) is 5.51. The number of aromatic nitrogens is 4. The Bertz CT molecular complexity index is 1240. The van der Waals surface area contributed by atoms with E-state index in [-0.39, 0.29) is 11.1 Å². The topological polar surface area (TPSA) is 95.0 Å². The van der Waals surface area contributed by atoms with Crippen LogP contribution < -0.4 is 11.0 Å². The van der Waals surface area contributed by atoms with Crippen LogP contribution in [0.15, 0.2) is 56.7 Å². The zero-order valence-electron chi connectivity index (χ0n) is 14.4. The lowest BCUT2D eigenvalue weighted by Gasteiger charge is -2.08. The van der Waals surface area contributed by atoms with Crippen molar-refractivity contribution < 1.29 is 9.21 Å². The maximum Gasteiger partial charge on any atom is 0.305 e. The van der Waals surface area contributed by atoms with Gasteiger partial charge >= 0.3 is 5.91 Å². The Morgan fingerprint density at radius 2 is 2.00 bits per heavy atom. The summed E-state index contributed by atoms with van der Waals surface area (Å²) in [7, 11) is 0. The minimum atomic E-state index is -0.564. The van der Waals surface area contributed by atoms with Crippen molar-refractivity contribution in [3.8, 4) is 5.69 Å². The molecule has 136 valence electrons. The number of halogens is 1. The molecule has 9 heteroatoms. The molecule has 1 N–H and O–H groups in total. The van der Waals surface area contributed by atoms with Gasteiger partial charge < -0.3 is 4.42 Å². The summed E-state index contributed by atoms with van der Waals surface area (Å²) in [5.74, 6) is -0.495. The van der Waals surface area contributed by atoms with Gasteiger partial charge in [0, 0.05) is 0 Å². The Balaban J connectivity index is 1.72. The molecule has 3 heterocycles. The number of carbonyl (C=O) groups is 1. The molecule has 0 bridgehead atoms. The number of aryl methyl sites for hydroxylation is 2. The largest absolute Gasteiger partial charge is 0.444 e. The standard InChI is InChI=1S/C18H14BrN5O3/c1-10-3-4-12(7-11(10)2)24-16-13(8-21-24)18(26)23(9-20-16)22-17(25)14-5-6-15(19)27-14/h3-9H,1-2H3,(H,22,25). The molecular weight excluding hydrogens is 414 g/mol. The van der Waals surface area contributed by atoms with Crippen molar-refractivity contribution in [2.24, 2.45) is 0 Å². The summed E-state index contributed by atoms with van der Waals surface area (Å²) in [5, 5.41) is 4.57. The lowest BCUT2D eigenvalue weighted by molar-refractivity contribution is 0.0979. The summed E-state index contributed by atoms with van der Waals surface area (Å²) in [6.45, 7) is 4.03. The third kappa shape index (κ3) is 3.06. The van der Waals surface area contributed by atoms with E-state index in [0.717, 1.165) is 21.5 Å². The molecule has 0 aliphatic carbocycles. The highest BCUT2D eigenvalue weighted by molar-refractivity contribution is 9.10. The van der Waals surface area contributed by atoms with Crippen LogP contribution in [0.4, 0.5) is 0 Å². The normalized spacial score (nSPS) is 11.1. The number of amides is 1. The number of rotatable bonds is 3. The van der Waals surface area contributed by atoms with Gasteiger partial charge in [0.05, 0.1) is 11.9 Å².